The van der Waals surface area contributed by atoms with E-state index in [0.717, 1.165) is 90.4 Å². The lowest BCUT2D eigenvalue weighted by Crippen LogP contribution is -2.38. The molecular formula is C19H38IN3O4. The molecule has 0 amide bonds. The minimum atomic E-state index is -0.121. The number of aliphatic imine (C=N–C) groups is 1. The van der Waals surface area contributed by atoms with Crippen LogP contribution in [0.3, 0.4) is 0 Å². The minimum absolute atomic E-state index is 0. The van der Waals surface area contributed by atoms with Crippen LogP contribution in [0.2, 0.25) is 0 Å². The van der Waals surface area contributed by atoms with Gasteiger partial charge in [0.1, 0.15) is 0 Å². The Morgan fingerprint density at radius 3 is 2.41 bits per heavy atom. The van der Waals surface area contributed by atoms with E-state index in [2.05, 4.69) is 20.4 Å². The lowest BCUT2D eigenvalue weighted by atomic mass is 10.0. The second kappa shape index (κ2) is 18.7. The molecule has 0 bridgehead atoms. The smallest absolute Gasteiger partial charge is 0.305 e. The normalized spacial score (nSPS) is 15.1. The molecule has 0 radical (unpaired) electrons. The van der Waals surface area contributed by atoms with Crippen molar-refractivity contribution in [3.05, 3.63) is 0 Å². The van der Waals surface area contributed by atoms with Crippen molar-refractivity contribution in [3.8, 4) is 0 Å². The molecule has 160 valence electrons. The van der Waals surface area contributed by atoms with Gasteiger partial charge in [0.2, 0.25) is 0 Å². The summed E-state index contributed by atoms with van der Waals surface area (Å²) >= 11 is 0. The number of rotatable bonds is 13. The number of esters is 1. The van der Waals surface area contributed by atoms with Gasteiger partial charge in [-0.25, -0.2) is 0 Å². The average Bonchev–Trinajstić information content (AvgIpc) is 2.68. The van der Waals surface area contributed by atoms with Crippen LogP contribution in [0.25, 0.3) is 0 Å². The fourth-order valence-corrected chi connectivity index (χ4v) is 2.82. The molecule has 1 fully saturated rings. The molecular weight excluding hydrogens is 461 g/mol. The first-order valence-corrected chi connectivity index (χ1v) is 9.93. The Labute approximate surface area is 181 Å². The molecule has 0 unspecified atom stereocenters. The van der Waals surface area contributed by atoms with Gasteiger partial charge in [0.25, 0.3) is 0 Å². The molecule has 1 rings (SSSR count). The molecule has 0 spiro atoms. The third-order valence-electron chi connectivity index (χ3n) is 4.50. The maximum atomic E-state index is 11.0. The SMILES string of the molecule is CN=C(NCCCCCCC(=O)OC)NCCCOCC1CCOCC1.I. The Hall–Kier alpha value is -0.610. The molecule has 0 saturated carbocycles. The van der Waals surface area contributed by atoms with E-state index in [1.165, 1.54) is 7.11 Å². The van der Waals surface area contributed by atoms with Gasteiger partial charge in [0, 0.05) is 53.0 Å². The quantitative estimate of drug-likeness (QED) is 0.133. The summed E-state index contributed by atoms with van der Waals surface area (Å²) in [6.45, 7) is 5.13. The number of carbonyl (C=O) groups excluding carboxylic acids is 1. The van der Waals surface area contributed by atoms with Crippen LogP contribution in [0.1, 0.15) is 51.4 Å². The summed E-state index contributed by atoms with van der Waals surface area (Å²) in [5.41, 5.74) is 0. The summed E-state index contributed by atoms with van der Waals surface area (Å²) in [7, 11) is 3.22. The fourth-order valence-electron chi connectivity index (χ4n) is 2.82. The first kappa shape index (κ1) is 26.4. The van der Waals surface area contributed by atoms with Crippen LogP contribution in [0.5, 0.6) is 0 Å². The molecule has 27 heavy (non-hydrogen) atoms. The number of hydrogen-bond donors (Lipinski definition) is 2. The zero-order valence-corrected chi connectivity index (χ0v) is 19.3. The Balaban J connectivity index is 0.00000676. The van der Waals surface area contributed by atoms with Crippen LogP contribution in [0.4, 0.5) is 0 Å². The highest BCUT2D eigenvalue weighted by molar-refractivity contribution is 14.0. The van der Waals surface area contributed by atoms with E-state index in [4.69, 9.17) is 9.47 Å². The molecule has 0 aromatic carbocycles. The molecule has 8 heteroatoms. The number of unbranched alkanes of at least 4 members (excludes halogenated alkanes) is 3. The zero-order chi connectivity index (χ0) is 18.9. The van der Waals surface area contributed by atoms with E-state index in [1.807, 2.05) is 0 Å². The molecule has 1 aliphatic rings. The summed E-state index contributed by atoms with van der Waals surface area (Å²) in [6, 6.07) is 0. The lowest BCUT2D eigenvalue weighted by Gasteiger charge is -2.21. The van der Waals surface area contributed by atoms with E-state index >= 15 is 0 Å². The first-order valence-electron chi connectivity index (χ1n) is 9.93. The van der Waals surface area contributed by atoms with Crippen LogP contribution in [-0.4, -0.2) is 65.6 Å². The van der Waals surface area contributed by atoms with Gasteiger partial charge in [-0.1, -0.05) is 12.8 Å². The van der Waals surface area contributed by atoms with Crippen LogP contribution in [0, 0.1) is 5.92 Å². The predicted molar refractivity (Wildman–Crippen MR) is 119 cm³/mol. The van der Waals surface area contributed by atoms with Crippen molar-refractivity contribution >= 4 is 35.9 Å². The molecule has 1 aliphatic heterocycles. The van der Waals surface area contributed by atoms with E-state index in [-0.39, 0.29) is 29.9 Å². The second-order valence-electron chi connectivity index (χ2n) is 6.65. The van der Waals surface area contributed by atoms with Crippen molar-refractivity contribution in [3.63, 3.8) is 0 Å². The largest absolute Gasteiger partial charge is 0.469 e. The van der Waals surface area contributed by atoms with E-state index in [0.29, 0.717) is 12.3 Å². The van der Waals surface area contributed by atoms with Crippen molar-refractivity contribution < 1.29 is 19.0 Å². The third kappa shape index (κ3) is 15.0. The Morgan fingerprint density at radius 1 is 1.07 bits per heavy atom. The minimum Gasteiger partial charge on any atom is -0.469 e. The number of methoxy groups -OCH3 is 1. The molecule has 1 heterocycles. The summed E-state index contributed by atoms with van der Waals surface area (Å²) in [4.78, 5) is 15.2. The molecule has 0 aliphatic carbocycles. The second-order valence-corrected chi connectivity index (χ2v) is 6.65. The molecule has 0 aromatic heterocycles. The third-order valence-corrected chi connectivity index (χ3v) is 4.50. The molecule has 7 nitrogen and oxygen atoms in total. The average molecular weight is 499 g/mol. The maximum Gasteiger partial charge on any atom is 0.305 e. The first-order chi connectivity index (χ1) is 12.8. The van der Waals surface area contributed by atoms with Crippen molar-refractivity contribution in [1.29, 1.82) is 0 Å². The monoisotopic (exact) mass is 499 g/mol. The van der Waals surface area contributed by atoms with Gasteiger partial charge in [0.05, 0.1) is 7.11 Å². The number of hydrogen-bond acceptors (Lipinski definition) is 5. The van der Waals surface area contributed by atoms with Crippen molar-refractivity contribution in [2.75, 3.05) is 53.7 Å². The molecule has 1 saturated heterocycles. The van der Waals surface area contributed by atoms with Crippen LogP contribution in [-0.2, 0) is 19.0 Å². The van der Waals surface area contributed by atoms with Crippen molar-refractivity contribution in [2.45, 2.75) is 51.4 Å². The Morgan fingerprint density at radius 2 is 1.74 bits per heavy atom. The summed E-state index contributed by atoms with van der Waals surface area (Å²) in [5, 5.41) is 6.63. The number of carbonyl (C=O) groups is 1. The van der Waals surface area contributed by atoms with Gasteiger partial charge in [-0.15, -0.1) is 24.0 Å². The Bertz CT molecular complexity index is 391. The number of nitrogens with one attached hydrogen (secondary N) is 2. The van der Waals surface area contributed by atoms with Gasteiger partial charge in [-0.05, 0) is 38.0 Å². The highest BCUT2D eigenvalue weighted by Crippen LogP contribution is 2.14. The highest BCUT2D eigenvalue weighted by atomic mass is 127. The topological polar surface area (TPSA) is 81.2 Å². The number of ether oxygens (including phenoxy) is 3. The molecule has 0 atom stereocenters. The van der Waals surface area contributed by atoms with Crippen LogP contribution >= 0.6 is 24.0 Å². The van der Waals surface area contributed by atoms with E-state index in [1.54, 1.807) is 7.05 Å². The van der Waals surface area contributed by atoms with Gasteiger partial charge in [-0.2, -0.15) is 0 Å². The summed E-state index contributed by atoms with van der Waals surface area (Å²) in [5.74, 6) is 1.38. The number of halogens is 1. The molecule has 0 aromatic rings. The van der Waals surface area contributed by atoms with Gasteiger partial charge in [-0.3, -0.25) is 9.79 Å². The molecule has 2 N–H and O–H groups in total. The Kier molecular flexibility index (Phi) is 18.3. The van der Waals surface area contributed by atoms with Crippen molar-refractivity contribution in [2.24, 2.45) is 10.9 Å². The van der Waals surface area contributed by atoms with Gasteiger partial charge in [0.15, 0.2) is 5.96 Å². The lowest BCUT2D eigenvalue weighted by molar-refractivity contribution is -0.140. The van der Waals surface area contributed by atoms with Gasteiger partial charge >= 0.3 is 5.97 Å². The van der Waals surface area contributed by atoms with Crippen molar-refractivity contribution in [1.82, 2.24) is 10.6 Å². The van der Waals surface area contributed by atoms with E-state index < -0.39 is 0 Å². The number of nitrogens with zero attached hydrogens (tertiary/aromatic N) is 1. The van der Waals surface area contributed by atoms with Gasteiger partial charge < -0.3 is 24.8 Å². The number of guanidine groups is 1. The highest BCUT2D eigenvalue weighted by Gasteiger charge is 2.13. The standard InChI is InChI=1S/C19H37N3O4.HI/c1-20-19(21-11-6-4-3-5-8-18(23)24-2)22-12-7-13-26-16-17-9-14-25-15-10-17;/h17H,3-16H2,1-2H3,(H2,20,21,22);1H. The van der Waals surface area contributed by atoms with Crippen LogP contribution < -0.4 is 10.6 Å². The summed E-state index contributed by atoms with van der Waals surface area (Å²) in [6.07, 6.45) is 7.84. The zero-order valence-electron chi connectivity index (χ0n) is 17.0. The summed E-state index contributed by atoms with van der Waals surface area (Å²) < 4.78 is 15.7. The maximum absolute atomic E-state index is 11.0. The fraction of sp³-hybridized carbons (Fsp3) is 0.895. The predicted octanol–water partition coefficient (Wildman–Crippen LogP) is 2.73. The van der Waals surface area contributed by atoms with E-state index in [9.17, 15) is 4.79 Å². The van der Waals surface area contributed by atoms with Crippen LogP contribution in [0.15, 0.2) is 4.99 Å².